The molecule has 180 valence electrons. The molecule has 2 heterocycles. The summed E-state index contributed by atoms with van der Waals surface area (Å²) in [4.78, 5) is 30.7. The van der Waals surface area contributed by atoms with Crippen molar-refractivity contribution in [1.29, 1.82) is 0 Å². The van der Waals surface area contributed by atoms with E-state index in [1.165, 1.54) is 6.07 Å². The summed E-state index contributed by atoms with van der Waals surface area (Å²) in [5.74, 6) is -2.90. The molecule has 13 heteroatoms. The number of amides is 1. The average Bonchev–Trinajstić information content (AvgIpc) is 3.20. The molecule has 2 aromatic carbocycles. The molecule has 2 aromatic heterocycles. The summed E-state index contributed by atoms with van der Waals surface area (Å²) in [5, 5.41) is 18.2. The number of nitrogens with two attached hydrogens (primary N) is 1. The lowest BCUT2D eigenvalue weighted by atomic mass is 9.96. The van der Waals surface area contributed by atoms with Crippen LogP contribution in [0, 0.1) is 5.82 Å². The van der Waals surface area contributed by atoms with E-state index in [1.807, 2.05) is 0 Å². The van der Waals surface area contributed by atoms with Crippen molar-refractivity contribution in [3.8, 4) is 22.8 Å². The number of benzene rings is 2. The number of fused-ring (bicyclic) bond motifs is 1. The van der Waals surface area contributed by atoms with Gasteiger partial charge in [-0.3, -0.25) is 9.36 Å². The molecule has 0 saturated carbocycles. The van der Waals surface area contributed by atoms with Gasteiger partial charge in [-0.25, -0.2) is 19.2 Å². The Balaban J connectivity index is 1.97. The second kappa shape index (κ2) is 8.68. The van der Waals surface area contributed by atoms with Crippen molar-refractivity contribution in [2.45, 2.75) is 12.8 Å². The van der Waals surface area contributed by atoms with Gasteiger partial charge in [0.05, 0.1) is 23.4 Å². The lowest BCUT2D eigenvalue weighted by molar-refractivity contribution is -0.137. The van der Waals surface area contributed by atoms with Crippen molar-refractivity contribution in [2.75, 3.05) is 0 Å². The van der Waals surface area contributed by atoms with E-state index in [4.69, 9.17) is 10.5 Å². The topological polar surface area (TPSA) is 141 Å². The standard InChI is InChI=1S/C22H14F4N4O5/c23-19-16(35-17-6-11(8-31)28-9-29-17)4-3-15-18(19)13(7-30(15)21(33)34)12-2-1-10(20(27)32)5-14(12)22(24,25)26/h1-7,9,31H,8H2,(H2,27,32)(H,33,34). The average molecular weight is 490 g/mol. The van der Waals surface area contributed by atoms with Crippen LogP contribution in [0.5, 0.6) is 11.6 Å². The monoisotopic (exact) mass is 490 g/mol. The van der Waals surface area contributed by atoms with Crippen molar-refractivity contribution < 1.29 is 42.1 Å². The van der Waals surface area contributed by atoms with E-state index in [0.717, 1.165) is 36.8 Å². The number of aromatic nitrogens is 3. The molecule has 9 nitrogen and oxygen atoms in total. The van der Waals surface area contributed by atoms with Gasteiger partial charge in [0, 0.05) is 28.8 Å². The van der Waals surface area contributed by atoms with Crippen LogP contribution >= 0.6 is 0 Å². The third-order valence-corrected chi connectivity index (χ3v) is 5.05. The predicted molar refractivity (Wildman–Crippen MR) is 112 cm³/mol. The molecule has 1 amide bonds. The van der Waals surface area contributed by atoms with E-state index in [2.05, 4.69) is 9.97 Å². The Morgan fingerprint density at radius 3 is 2.46 bits per heavy atom. The second-order valence-electron chi connectivity index (χ2n) is 7.20. The third kappa shape index (κ3) is 4.36. The molecule has 4 N–H and O–H groups in total. The molecule has 0 aliphatic carbocycles. The van der Waals surface area contributed by atoms with Crippen LogP contribution in [0.4, 0.5) is 22.4 Å². The molecule has 0 aliphatic rings. The zero-order valence-electron chi connectivity index (χ0n) is 17.4. The Bertz CT molecular complexity index is 1480. The molecule has 35 heavy (non-hydrogen) atoms. The van der Waals surface area contributed by atoms with Crippen LogP contribution in [0.3, 0.4) is 0 Å². The highest BCUT2D eigenvalue weighted by atomic mass is 19.4. The number of hydrogen-bond donors (Lipinski definition) is 3. The highest BCUT2D eigenvalue weighted by Crippen LogP contribution is 2.43. The van der Waals surface area contributed by atoms with Gasteiger partial charge in [0.2, 0.25) is 11.8 Å². The van der Waals surface area contributed by atoms with E-state index in [-0.39, 0.29) is 17.1 Å². The van der Waals surface area contributed by atoms with Crippen LogP contribution < -0.4 is 10.5 Å². The number of carboxylic acid groups (broad SMARTS) is 1. The first-order valence-electron chi connectivity index (χ1n) is 9.69. The van der Waals surface area contributed by atoms with Crippen molar-refractivity contribution in [2.24, 2.45) is 5.73 Å². The van der Waals surface area contributed by atoms with E-state index >= 15 is 4.39 Å². The van der Waals surface area contributed by atoms with Crippen LogP contribution in [-0.4, -0.2) is 36.7 Å². The number of aliphatic hydroxyl groups excluding tert-OH is 1. The quantitative estimate of drug-likeness (QED) is 0.357. The number of hydrogen-bond acceptors (Lipinski definition) is 6. The van der Waals surface area contributed by atoms with Crippen LogP contribution in [0.25, 0.3) is 22.0 Å². The van der Waals surface area contributed by atoms with Crippen LogP contribution in [-0.2, 0) is 12.8 Å². The first-order valence-corrected chi connectivity index (χ1v) is 9.69. The fourth-order valence-corrected chi connectivity index (χ4v) is 3.51. The minimum atomic E-state index is -4.98. The van der Waals surface area contributed by atoms with E-state index < -0.39 is 64.0 Å². The smallest absolute Gasteiger partial charge is 0.417 e. The predicted octanol–water partition coefficient (Wildman–Crippen LogP) is 4.17. The number of rotatable bonds is 5. The van der Waals surface area contributed by atoms with Crippen molar-refractivity contribution in [3.63, 3.8) is 0 Å². The SMILES string of the molecule is NC(=O)c1ccc(-c2cn(C(=O)O)c3ccc(Oc4cc(CO)ncn4)c(F)c23)c(C(F)(F)F)c1. The fraction of sp³-hybridized carbons (Fsp3) is 0.0909. The molecular weight excluding hydrogens is 476 g/mol. The molecule has 0 spiro atoms. The first kappa shape index (κ1) is 23.6. The number of halogens is 4. The van der Waals surface area contributed by atoms with Gasteiger partial charge in [-0.2, -0.15) is 13.2 Å². The normalized spacial score (nSPS) is 11.6. The summed E-state index contributed by atoms with van der Waals surface area (Å²) in [6.07, 6.45) is -4.66. The van der Waals surface area contributed by atoms with Gasteiger partial charge in [-0.1, -0.05) is 6.07 Å². The Morgan fingerprint density at radius 2 is 1.83 bits per heavy atom. The lowest BCUT2D eigenvalue weighted by Gasteiger charge is -2.14. The lowest BCUT2D eigenvalue weighted by Crippen LogP contribution is -2.14. The van der Waals surface area contributed by atoms with Crippen LogP contribution in [0.2, 0.25) is 0 Å². The number of ether oxygens (including phenoxy) is 1. The molecule has 0 saturated heterocycles. The van der Waals surface area contributed by atoms with Gasteiger partial charge < -0.3 is 20.7 Å². The fourth-order valence-electron chi connectivity index (χ4n) is 3.51. The van der Waals surface area contributed by atoms with Gasteiger partial charge in [0.25, 0.3) is 0 Å². The summed E-state index contributed by atoms with van der Waals surface area (Å²) >= 11 is 0. The number of carbonyl (C=O) groups excluding carboxylic acids is 1. The molecule has 4 rings (SSSR count). The molecule has 0 radical (unpaired) electrons. The van der Waals surface area contributed by atoms with E-state index in [1.54, 1.807) is 0 Å². The summed E-state index contributed by atoms with van der Waals surface area (Å²) in [7, 11) is 0. The molecular formula is C22H14F4N4O5. The van der Waals surface area contributed by atoms with Gasteiger partial charge in [-0.15, -0.1) is 0 Å². The molecule has 0 aliphatic heterocycles. The molecule has 0 atom stereocenters. The van der Waals surface area contributed by atoms with E-state index in [0.29, 0.717) is 10.6 Å². The number of nitrogens with zero attached hydrogens (tertiary/aromatic N) is 3. The number of alkyl halides is 3. The maximum atomic E-state index is 15.6. The maximum absolute atomic E-state index is 15.6. The minimum absolute atomic E-state index is 0.164. The van der Waals surface area contributed by atoms with Gasteiger partial charge >= 0.3 is 12.3 Å². The molecule has 0 unspecified atom stereocenters. The summed E-state index contributed by atoms with van der Waals surface area (Å²) in [6, 6.07) is 5.91. The number of primary amides is 1. The Kier molecular flexibility index (Phi) is 5.86. The van der Waals surface area contributed by atoms with Gasteiger partial charge in [0.15, 0.2) is 11.6 Å². The van der Waals surface area contributed by atoms with Crippen molar-refractivity contribution in [1.82, 2.24) is 14.5 Å². The highest BCUT2D eigenvalue weighted by molar-refractivity contribution is 6.03. The van der Waals surface area contributed by atoms with Gasteiger partial charge in [-0.05, 0) is 29.8 Å². The Labute approximate surface area is 193 Å². The largest absolute Gasteiger partial charge is 0.464 e. The first-order chi connectivity index (χ1) is 16.5. The Morgan fingerprint density at radius 1 is 1.09 bits per heavy atom. The molecule has 4 aromatic rings. The number of carbonyl (C=O) groups is 2. The maximum Gasteiger partial charge on any atom is 0.417 e. The zero-order chi connectivity index (χ0) is 25.5. The summed E-state index contributed by atoms with van der Waals surface area (Å²) in [5.41, 5.74) is 2.28. The molecule has 0 bridgehead atoms. The minimum Gasteiger partial charge on any atom is -0.464 e. The summed E-state index contributed by atoms with van der Waals surface area (Å²) in [6.45, 7) is -0.451. The van der Waals surface area contributed by atoms with E-state index in [9.17, 15) is 33.0 Å². The second-order valence-corrected chi connectivity index (χ2v) is 7.20. The van der Waals surface area contributed by atoms with Gasteiger partial charge in [0.1, 0.15) is 6.33 Å². The number of aliphatic hydroxyl groups is 1. The summed E-state index contributed by atoms with van der Waals surface area (Å²) < 4.78 is 63.1. The molecule has 0 fully saturated rings. The highest BCUT2D eigenvalue weighted by Gasteiger charge is 2.36. The Hall–Kier alpha value is -4.52. The van der Waals surface area contributed by atoms with Crippen molar-refractivity contribution in [3.05, 3.63) is 71.6 Å². The zero-order valence-corrected chi connectivity index (χ0v) is 17.4. The van der Waals surface area contributed by atoms with Crippen molar-refractivity contribution >= 4 is 22.9 Å². The third-order valence-electron chi connectivity index (χ3n) is 5.05. The van der Waals surface area contributed by atoms with Crippen LogP contribution in [0.15, 0.2) is 48.9 Å². The van der Waals surface area contributed by atoms with Crippen LogP contribution in [0.1, 0.15) is 21.6 Å².